The Labute approximate surface area is 124 Å². The Bertz CT molecular complexity index is 668. The topological polar surface area (TPSA) is 41.6 Å². The second-order valence-electron chi connectivity index (χ2n) is 5.60. The molecule has 104 valence electrons. The highest BCUT2D eigenvalue weighted by atomic mass is 35.5. The van der Waals surface area contributed by atoms with Crippen molar-refractivity contribution in [3.63, 3.8) is 0 Å². The molecule has 20 heavy (non-hydrogen) atoms. The van der Waals surface area contributed by atoms with Gasteiger partial charge in [-0.25, -0.2) is 4.98 Å². The van der Waals surface area contributed by atoms with Gasteiger partial charge in [-0.3, -0.25) is 0 Å². The van der Waals surface area contributed by atoms with Crippen molar-refractivity contribution in [2.75, 3.05) is 5.88 Å². The van der Waals surface area contributed by atoms with Crippen LogP contribution in [0.25, 0.3) is 11.0 Å². The highest BCUT2D eigenvalue weighted by Crippen LogP contribution is 2.38. The van der Waals surface area contributed by atoms with E-state index in [4.69, 9.17) is 16.6 Å². The van der Waals surface area contributed by atoms with Crippen molar-refractivity contribution < 1.29 is 0 Å². The Morgan fingerprint density at radius 3 is 2.95 bits per heavy atom. The lowest BCUT2D eigenvalue weighted by molar-refractivity contribution is 0.406. The molecule has 0 aliphatic heterocycles. The van der Waals surface area contributed by atoms with Gasteiger partial charge in [0.15, 0.2) is 0 Å². The first-order chi connectivity index (χ1) is 9.76. The van der Waals surface area contributed by atoms with Gasteiger partial charge in [-0.2, -0.15) is 5.26 Å². The van der Waals surface area contributed by atoms with Crippen LogP contribution in [0.1, 0.15) is 43.6 Å². The maximum Gasteiger partial charge on any atom is 0.111 e. The molecule has 1 aromatic carbocycles. The van der Waals surface area contributed by atoms with Crippen LogP contribution in [0.2, 0.25) is 0 Å². The first kappa shape index (κ1) is 13.5. The van der Waals surface area contributed by atoms with E-state index in [9.17, 15) is 5.26 Å². The molecule has 0 amide bonds. The summed E-state index contributed by atoms with van der Waals surface area (Å²) in [6.45, 7) is 2.31. The maximum atomic E-state index is 9.26. The minimum atomic E-state index is 0.493. The summed E-state index contributed by atoms with van der Waals surface area (Å²) < 4.78 is 2.34. The molecule has 4 heteroatoms. The minimum Gasteiger partial charge on any atom is -0.325 e. The monoisotopic (exact) mass is 287 g/mol. The molecule has 2 atom stereocenters. The van der Waals surface area contributed by atoms with Crippen molar-refractivity contribution in [3.05, 3.63) is 29.6 Å². The van der Waals surface area contributed by atoms with E-state index in [1.807, 2.05) is 12.1 Å². The molecule has 0 saturated heterocycles. The molecule has 1 aliphatic rings. The Balaban J connectivity index is 2.22. The summed E-state index contributed by atoms with van der Waals surface area (Å²) >= 11 is 5.93. The van der Waals surface area contributed by atoms with Crippen LogP contribution in [0.15, 0.2) is 18.2 Å². The summed E-state index contributed by atoms with van der Waals surface area (Å²) in [6.07, 6.45) is 4.48. The zero-order chi connectivity index (χ0) is 14.1. The molecule has 1 saturated carbocycles. The van der Waals surface area contributed by atoms with Gasteiger partial charge in [-0.15, -0.1) is 11.6 Å². The molecule has 1 heterocycles. The Hall–Kier alpha value is -1.53. The van der Waals surface area contributed by atoms with Crippen LogP contribution in [0.3, 0.4) is 0 Å². The van der Waals surface area contributed by atoms with Crippen LogP contribution >= 0.6 is 11.6 Å². The summed E-state index contributed by atoms with van der Waals surface area (Å²) in [5.74, 6) is 2.25. The van der Waals surface area contributed by atoms with E-state index < -0.39 is 0 Å². The average molecular weight is 288 g/mol. The number of fused-ring (bicyclic) bond motifs is 1. The van der Waals surface area contributed by atoms with E-state index in [-0.39, 0.29) is 0 Å². The van der Waals surface area contributed by atoms with Gasteiger partial charge in [0.1, 0.15) is 17.4 Å². The number of aryl methyl sites for hydroxylation is 1. The number of rotatable bonds is 3. The fraction of sp³-hybridized carbons (Fsp3) is 0.500. The molecular formula is C16H18ClN3. The van der Waals surface area contributed by atoms with E-state index in [1.165, 1.54) is 19.3 Å². The molecule has 2 unspecified atom stereocenters. The number of aromatic nitrogens is 2. The summed E-state index contributed by atoms with van der Waals surface area (Å²) in [4.78, 5) is 4.71. The first-order valence-corrected chi connectivity index (χ1v) is 7.75. The number of benzene rings is 1. The summed E-state index contributed by atoms with van der Waals surface area (Å²) in [7, 11) is 0. The molecule has 0 bridgehead atoms. The quantitative estimate of drug-likeness (QED) is 0.799. The van der Waals surface area contributed by atoms with Crippen LogP contribution in [0, 0.1) is 17.2 Å². The van der Waals surface area contributed by atoms with Crippen LogP contribution in [0.4, 0.5) is 0 Å². The zero-order valence-corrected chi connectivity index (χ0v) is 12.4. The lowest BCUT2D eigenvalue weighted by Gasteiger charge is -2.21. The van der Waals surface area contributed by atoms with Gasteiger partial charge in [0.2, 0.25) is 0 Å². The van der Waals surface area contributed by atoms with Gasteiger partial charge in [-0.05, 0) is 30.9 Å². The van der Waals surface area contributed by atoms with E-state index in [0.29, 0.717) is 23.4 Å². The summed E-state index contributed by atoms with van der Waals surface area (Å²) in [5.41, 5.74) is 2.57. The lowest BCUT2D eigenvalue weighted by Crippen LogP contribution is -2.15. The normalized spacial score (nSPS) is 22.2. The SMILES string of the molecule is CC1CCCC1n1c(CCCl)nc2c(C#N)cccc21. The molecule has 0 spiro atoms. The molecule has 1 fully saturated rings. The number of hydrogen-bond donors (Lipinski definition) is 0. The third-order valence-corrected chi connectivity index (χ3v) is 4.57. The Morgan fingerprint density at radius 1 is 1.45 bits per heavy atom. The van der Waals surface area contributed by atoms with Crippen molar-refractivity contribution >= 4 is 22.6 Å². The van der Waals surface area contributed by atoms with Gasteiger partial charge in [0, 0.05) is 18.3 Å². The minimum absolute atomic E-state index is 0.493. The number of alkyl halides is 1. The van der Waals surface area contributed by atoms with Gasteiger partial charge in [0.25, 0.3) is 0 Å². The van der Waals surface area contributed by atoms with Crippen molar-refractivity contribution in [2.45, 2.75) is 38.6 Å². The molecule has 2 aromatic rings. The van der Waals surface area contributed by atoms with Crippen LogP contribution < -0.4 is 0 Å². The number of imidazole rings is 1. The second-order valence-corrected chi connectivity index (χ2v) is 5.98. The average Bonchev–Trinajstić information content (AvgIpc) is 3.01. The summed E-state index contributed by atoms with van der Waals surface area (Å²) in [6, 6.07) is 8.60. The Morgan fingerprint density at radius 2 is 2.30 bits per heavy atom. The number of halogens is 1. The van der Waals surface area contributed by atoms with E-state index in [0.717, 1.165) is 23.3 Å². The fourth-order valence-electron chi connectivity index (χ4n) is 3.40. The highest BCUT2D eigenvalue weighted by Gasteiger charge is 2.28. The van der Waals surface area contributed by atoms with Crippen molar-refractivity contribution in [2.24, 2.45) is 5.92 Å². The standard InChI is InChI=1S/C16H18ClN3/c1-11-4-2-6-13(11)20-14-7-3-5-12(10-18)16(14)19-15(20)8-9-17/h3,5,7,11,13H,2,4,6,8-9H2,1H3. The third kappa shape index (κ3) is 2.09. The van der Waals surface area contributed by atoms with Gasteiger partial charge in [-0.1, -0.05) is 19.4 Å². The largest absolute Gasteiger partial charge is 0.325 e. The van der Waals surface area contributed by atoms with Crippen LogP contribution in [-0.4, -0.2) is 15.4 Å². The maximum absolute atomic E-state index is 9.26. The van der Waals surface area contributed by atoms with Crippen molar-refractivity contribution in [1.82, 2.24) is 9.55 Å². The second kappa shape index (κ2) is 5.46. The predicted molar refractivity (Wildman–Crippen MR) is 80.9 cm³/mol. The Kier molecular flexibility index (Phi) is 3.67. The van der Waals surface area contributed by atoms with E-state index in [2.05, 4.69) is 23.6 Å². The first-order valence-electron chi connectivity index (χ1n) is 7.22. The zero-order valence-electron chi connectivity index (χ0n) is 11.6. The third-order valence-electron chi connectivity index (χ3n) is 4.38. The van der Waals surface area contributed by atoms with Gasteiger partial charge < -0.3 is 4.57 Å². The van der Waals surface area contributed by atoms with Crippen LogP contribution in [0.5, 0.6) is 0 Å². The van der Waals surface area contributed by atoms with Crippen LogP contribution in [-0.2, 0) is 6.42 Å². The van der Waals surface area contributed by atoms with Gasteiger partial charge >= 0.3 is 0 Å². The molecule has 1 aromatic heterocycles. The van der Waals surface area contributed by atoms with E-state index >= 15 is 0 Å². The predicted octanol–water partition coefficient (Wildman–Crippen LogP) is 4.05. The number of hydrogen-bond acceptors (Lipinski definition) is 2. The summed E-state index contributed by atoms with van der Waals surface area (Å²) in [5, 5.41) is 9.26. The lowest BCUT2D eigenvalue weighted by atomic mass is 10.1. The molecule has 0 radical (unpaired) electrons. The van der Waals surface area contributed by atoms with Crippen molar-refractivity contribution in [1.29, 1.82) is 5.26 Å². The smallest absolute Gasteiger partial charge is 0.111 e. The fourth-order valence-corrected chi connectivity index (χ4v) is 3.56. The number of para-hydroxylation sites is 1. The number of nitriles is 1. The van der Waals surface area contributed by atoms with Crippen molar-refractivity contribution in [3.8, 4) is 6.07 Å². The molecule has 3 rings (SSSR count). The molecule has 0 N–H and O–H groups in total. The number of nitrogens with zero attached hydrogens (tertiary/aromatic N) is 3. The molecule has 1 aliphatic carbocycles. The van der Waals surface area contributed by atoms with E-state index in [1.54, 1.807) is 0 Å². The molecular weight excluding hydrogens is 270 g/mol. The highest BCUT2D eigenvalue weighted by molar-refractivity contribution is 6.17. The molecule has 3 nitrogen and oxygen atoms in total. The van der Waals surface area contributed by atoms with Gasteiger partial charge in [0.05, 0.1) is 11.1 Å².